The highest BCUT2D eigenvalue weighted by Gasteiger charge is 2.09. The molecule has 0 aliphatic rings. The predicted molar refractivity (Wildman–Crippen MR) is 91.5 cm³/mol. The molecule has 0 unspecified atom stereocenters. The minimum atomic E-state index is 0.409. The quantitative estimate of drug-likeness (QED) is 0.760. The number of nitrogens with zero attached hydrogens (tertiary/aromatic N) is 3. The highest BCUT2D eigenvalue weighted by molar-refractivity contribution is 5.53. The second kappa shape index (κ2) is 8.32. The van der Waals surface area contributed by atoms with E-state index in [1.807, 2.05) is 37.3 Å². The largest absolute Gasteiger partial charge is 0.351 e. The molecule has 0 saturated heterocycles. The highest BCUT2D eigenvalue weighted by Crippen LogP contribution is 2.15. The fourth-order valence-electron chi connectivity index (χ4n) is 2.26. The number of benzene rings is 1. The molecule has 0 aliphatic heterocycles. The van der Waals surface area contributed by atoms with Crippen molar-refractivity contribution in [2.24, 2.45) is 0 Å². The van der Waals surface area contributed by atoms with Crippen LogP contribution in [0, 0.1) is 6.92 Å². The van der Waals surface area contributed by atoms with Gasteiger partial charge in [-0.05, 0) is 31.9 Å². The van der Waals surface area contributed by atoms with Crippen LogP contribution in [-0.4, -0.2) is 21.0 Å². The second-order valence-electron chi connectivity index (χ2n) is 5.41. The Balaban J connectivity index is 2.09. The lowest BCUT2D eigenvalue weighted by Crippen LogP contribution is -2.20. The number of unbranched alkanes of at least 4 members (excludes halogenated alkanes) is 1. The van der Waals surface area contributed by atoms with Crippen molar-refractivity contribution in [1.29, 1.82) is 0 Å². The molecule has 1 aromatic carbocycles. The third kappa shape index (κ3) is 4.98. The predicted octanol–water partition coefficient (Wildman–Crippen LogP) is 4.30. The molecule has 2 aromatic rings. The van der Waals surface area contributed by atoms with Gasteiger partial charge in [-0.25, -0.2) is 0 Å². The molecule has 22 heavy (non-hydrogen) atoms. The summed E-state index contributed by atoms with van der Waals surface area (Å²) < 4.78 is 0. The average Bonchev–Trinajstić information content (AvgIpc) is 2.52. The van der Waals surface area contributed by atoms with Crippen LogP contribution in [0.25, 0.3) is 0 Å². The molecule has 0 aliphatic carbocycles. The van der Waals surface area contributed by atoms with Gasteiger partial charge in [0.1, 0.15) is 5.82 Å². The molecule has 0 fully saturated rings. The van der Waals surface area contributed by atoms with Gasteiger partial charge in [-0.15, -0.1) is 0 Å². The topological polar surface area (TPSA) is 62.7 Å². The maximum atomic E-state index is 4.48. The Hall–Kier alpha value is -2.17. The van der Waals surface area contributed by atoms with Crippen LogP contribution < -0.4 is 10.6 Å². The van der Waals surface area contributed by atoms with Crippen molar-refractivity contribution < 1.29 is 0 Å². The molecular formula is C17H25N5. The lowest BCUT2D eigenvalue weighted by atomic mass is 10.1. The third-order valence-electron chi connectivity index (χ3n) is 3.51. The molecule has 0 saturated carbocycles. The zero-order valence-corrected chi connectivity index (χ0v) is 13.6. The van der Waals surface area contributed by atoms with Crippen LogP contribution in [0.15, 0.2) is 30.3 Å². The zero-order chi connectivity index (χ0) is 15.8. The fraction of sp³-hybridized carbons (Fsp3) is 0.471. The van der Waals surface area contributed by atoms with Crippen molar-refractivity contribution in [3.05, 3.63) is 36.2 Å². The number of hydrogen-bond donors (Lipinski definition) is 2. The van der Waals surface area contributed by atoms with E-state index in [-0.39, 0.29) is 0 Å². The lowest BCUT2D eigenvalue weighted by Gasteiger charge is -2.17. The van der Waals surface area contributed by atoms with Crippen molar-refractivity contribution in [2.75, 3.05) is 10.6 Å². The van der Waals surface area contributed by atoms with Gasteiger partial charge in [0.15, 0.2) is 0 Å². The SMILES string of the molecule is CCCC[C@H](CC)Nc1nc(C)nc(Nc2ccccc2)n1. The Morgan fingerprint density at radius 2 is 1.73 bits per heavy atom. The van der Waals surface area contributed by atoms with Crippen LogP contribution in [0.4, 0.5) is 17.6 Å². The summed E-state index contributed by atoms with van der Waals surface area (Å²) in [6.45, 7) is 6.28. The Labute approximate surface area is 132 Å². The molecule has 2 N–H and O–H groups in total. The number of hydrogen-bond acceptors (Lipinski definition) is 5. The normalized spacial score (nSPS) is 12.0. The molecule has 5 heteroatoms. The molecule has 0 amide bonds. The van der Waals surface area contributed by atoms with Crippen molar-refractivity contribution in [3.63, 3.8) is 0 Å². The molecule has 1 heterocycles. The first kappa shape index (κ1) is 16.2. The summed E-state index contributed by atoms with van der Waals surface area (Å²) in [5, 5.41) is 6.65. The van der Waals surface area contributed by atoms with Gasteiger partial charge < -0.3 is 10.6 Å². The Morgan fingerprint density at radius 1 is 1.00 bits per heavy atom. The van der Waals surface area contributed by atoms with Gasteiger partial charge in [0.25, 0.3) is 0 Å². The summed E-state index contributed by atoms with van der Waals surface area (Å²) in [6, 6.07) is 10.3. The summed E-state index contributed by atoms with van der Waals surface area (Å²) in [7, 11) is 0. The maximum absolute atomic E-state index is 4.48. The molecule has 5 nitrogen and oxygen atoms in total. The van der Waals surface area contributed by atoms with E-state index in [4.69, 9.17) is 0 Å². The van der Waals surface area contributed by atoms with E-state index in [2.05, 4.69) is 39.4 Å². The average molecular weight is 299 g/mol. The number of aromatic nitrogens is 3. The standard InChI is InChI=1S/C17H25N5/c1-4-6-10-14(5-2)20-16-18-13(3)19-17(22-16)21-15-11-8-7-9-12-15/h7-9,11-12,14H,4-6,10H2,1-3H3,(H2,18,19,20,21,22)/t14-/m0/s1. The molecule has 0 spiro atoms. The van der Waals surface area contributed by atoms with Crippen LogP contribution in [0.5, 0.6) is 0 Å². The zero-order valence-electron chi connectivity index (χ0n) is 13.6. The first-order chi connectivity index (χ1) is 10.7. The molecule has 1 atom stereocenters. The Kier molecular flexibility index (Phi) is 6.13. The van der Waals surface area contributed by atoms with Crippen molar-refractivity contribution in [3.8, 4) is 0 Å². The van der Waals surface area contributed by atoms with Gasteiger partial charge in [-0.1, -0.05) is 44.9 Å². The Morgan fingerprint density at radius 3 is 2.41 bits per heavy atom. The first-order valence-electron chi connectivity index (χ1n) is 8.02. The van der Waals surface area contributed by atoms with Gasteiger partial charge in [0.05, 0.1) is 0 Å². The maximum Gasteiger partial charge on any atom is 0.232 e. The van der Waals surface area contributed by atoms with E-state index < -0.39 is 0 Å². The minimum Gasteiger partial charge on any atom is -0.351 e. The van der Waals surface area contributed by atoms with Gasteiger partial charge in [0.2, 0.25) is 11.9 Å². The van der Waals surface area contributed by atoms with Gasteiger partial charge in [-0.3, -0.25) is 0 Å². The summed E-state index contributed by atoms with van der Waals surface area (Å²) in [5.41, 5.74) is 0.970. The number of para-hydroxylation sites is 1. The van der Waals surface area contributed by atoms with Gasteiger partial charge >= 0.3 is 0 Å². The fourth-order valence-corrected chi connectivity index (χ4v) is 2.26. The first-order valence-corrected chi connectivity index (χ1v) is 8.02. The molecule has 0 bridgehead atoms. The molecular weight excluding hydrogens is 274 g/mol. The summed E-state index contributed by atoms with van der Waals surface area (Å²) in [5.74, 6) is 1.93. The Bertz CT molecular complexity index is 571. The summed E-state index contributed by atoms with van der Waals surface area (Å²) in [4.78, 5) is 13.2. The number of rotatable bonds is 8. The van der Waals surface area contributed by atoms with Gasteiger partial charge in [-0.2, -0.15) is 15.0 Å². The van der Waals surface area contributed by atoms with E-state index in [0.29, 0.717) is 23.8 Å². The lowest BCUT2D eigenvalue weighted by molar-refractivity contribution is 0.589. The van der Waals surface area contributed by atoms with Crippen molar-refractivity contribution >= 4 is 17.6 Å². The molecule has 2 rings (SSSR count). The van der Waals surface area contributed by atoms with Crippen LogP contribution in [0.1, 0.15) is 45.4 Å². The van der Waals surface area contributed by atoms with Crippen LogP contribution in [-0.2, 0) is 0 Å². The van der Waals surface area contributed by atoms with E-state index in [0.717, 1.165) is 18.5 Å². The molecule has 1 aromatic heterocycles. The van der Waals surface area contributed by atoms with E-state index in [9.17, 15) is 0 Å². The van der Waals surface area contributed by atoms with Crippen molar-refractivity contribution in [2.45, 2.75) is 52.5 Å². The smallest absolute Gasteiger partial charge is 0.232 e. The highest BCUT2D eigenvalue weighted by atomic mass is 15.2. The summed E-state index contributed by atoms with van der Waals surface area (Å²) >= 11 is 0. The minimum absolute atomic E-state index is 0.409. The number of nitrogens with one attached hydrogen (secondary N) is 2. The second-order valence-corrected chi connectivity index (χ2v) is 5.41. The van der Waals surface area contributed by atoms with E-state index in [1.54, 1.807) is 0 Å². The number of aryl methyl sites for hydroxylation is 1. The number of anilines is 3. The van der Waals surface area contributed by atoms with Crippen LogP contribution in [0.2, 0.25) is 0 Å². The monoisotopic (exact) mass is 299 g/mol. The van der Waals surface area contributed by atoms with E-state index >= 15 is 0 Å². The van der Waals surface area contributed by atoms with Crippen molar-refractivity contribution in [1.82, 2.24) is 15.0 Å². The molecule has 0 radical (unpaired) electrons. The molecule has 118 valence electrons. The van der Waals surface area contributed by atoms with Crippen LogP contribution in [0.3, 0.4) is 0 Å². The third-order valence-corrected chi connectivity index (χ3v) is 3.51. The van der Waals surface area contributed by atoms with E-state index in [1.165, 1.54) is 12.8 Å². The van der Waals surface area contributed by atoms with Gasteiger partial charge in [0, 0.05) is 11.7 Å². The van der Waals surface area contributed by atoms with Crippen LogP contribution >= 0.6 is 0 Å². The summed E-state index contributed by atoms with van der Waals surface area (Å²) in [6.07, 6.45) is 4.62.